The molecule has 3 aromatic rings. The molecule has 166 valence electrons. The average molecular weight is 469 g/mol. The Labute approximate surface area is 197 Å². The Morgan fingerprint density at radius 1 is 1.19 bits per heavy atom. The number of hydrogen-bond donors (Lipinski definition) is 1. The minimum absolute atomic E-state index is 0.0993. The molecule has 1 aliphatic rings. The number of nitrogens with zero attached hydrogens (tertiary/aromatic N) is 1. The number of carbonyl (C=O) groups excluding carboxylic acids is 2. The Morgan fingerprint density at radius 2 is 2.00 bits per heavy atom. The molecule has 0 unspecified atom stereocenters. The van der Waals surface area contributed by atoms with Gasteiger partial charge in [-0.2, -0.15) is 0 Å². The molecule has 1 aliphatic heterocycles. The first-order chi connectivity index (χ1) is 15.5. The standard InChI is InChI=1S/C25H25ClN2O3S/c1-3-4-12-27-24(29)17-9-10-18-21(14-17)31-13-11-16-15-22(32-23(16)18)25(30)28(2)20-8-6-5-7-19(20)26/h5-10,14-15H,3-4,11-13H2,1-2H3,(H,27,29). The quantitative estimate of drug-likeness (QED) is 0.464. The van der Waals surface area contributed by atoms with Crippen molar-refractivity contribution in [3.63, 3.8) is 0 Å². The van der Waals surface area contributed by atoms with Gasteiger partial charge in [-0.05, 0) is 48.4 Å². The minimum Gasteiger partial charge on any atom is -0.493 e. The van der Waals surface area contributed by atoms with E-state index < -0.39 is 0 Å². The number of amides is 2. The van der Waals surface area contributed by atoms with Gasteiger partial charge >= 0.3 is 0 Å². The topological polar surface area (TPSA) is 58.6 Å². The second-order valence-electron chi connectivity index (χ2n) is 7.70. The van der Waals surface area contributed by atoms with Gasteiger partial charge in [0.05, 0.1) is 22.2 Å². The highest BCUT2D eigenvalue weighted by molar-refractivity contribution is 7.17. The van der Waals surface area contributed by atoms with Crippen LogP contribution in [0.25, 0.3) is 10.4 Å². The average Bonchev–Trinajstić information content (AvgIpc) is 3.14. The van der Waals surface area contributed by atoms with Crippen LogP contribution in [0, 0.1) is 0 Å². The molecule has 2 amide bonds. The van der Waals surface area contributed by atoms with Crippen LogP contribution in [0.4, 0.5) is 5.69 Å². The summed E-state index contributed by atoms with van der Waals surface area (Å²) in [5.41, 5.74) is 3.23. The van der Waals surface area contributed by atoms with Gasteiger partial charge in [0.2, 0.25) is 0 Å². The number of ether oxygens (including phenoxy) is 1. The van der Waals surface area contributed by atoms with Crippen LogP contribution >= 0.6 is 22.9 Å². The third-order valence-corrected chi connectivity index (χ3v) is 6.99. The molecule has 1 N–H and O–H groups in total. The van der Waals surface area contributed by atoms with Crippen molar-refractivity contribution < 1.29 is 14.3 Å². The summed E-state index contributed by atoms with van der Waals surface area (Å²) in [5, 5.41) is 3.47. The summed E-state index contributed by atoms with van der Waals surface area (Å²) in [7, 11) is 1.73. The molecule has 0 saturated carbocycles. The largest absolute Gasteiger partial charge is 0.493 e. The lowest BCUT2D eigenvalue weighted by atomic mass is 10.0. The number of benzene rings is 2. The molecular formula is C25H25ClN2O3S. The Balaban J connectivity index is 1.62. The molecular weight excluding hydrogens is 444 g/mol. The van der Waals surface area contributed by atoms with Crippen molar-refractivity contribution in [3.8, 4) is 16.2 Å². The Kier molecular flexibility index (Phi) is 6.82. The first-order valence-corrected chi connectivity index (χ1v) is 11.9. The molecule has 4 rings (SSSR count). The highest BCUT2D eigenvalue weighted by Gasteiger charge is 2.24. The van der Waals surface area contributed by atoms with E-state index in [1.165, 1.54) is 11.3 Å². The van der Waals surface area contributed by atoms with Gasteiger partial charge in [-0.25, -0.2) is 0 Å². The van der Waals surface area contributed by atoms with Crippen LogP contribution in [0.5, 0.6) is 5.75 Å². The molecule has 2 heterocycles. The number of fused-ring (bicyclic) bond motifs is 3. The third-order valence-electron chi connectivity index (χ3n) is 5.47. The highest BCUT2D eigenvalue weighted by atomic mass is 35.5. The second kappa shape index (κ2) is 9.76. The van der Waals surface area contributed by atoms with Gasteiger partial charge in [0.15, 0.2) is 0 Å². The van der Waals surface area contributed by atoms with Crippen LogP contribution in [0.15, 0.2) is 48.5 Å². The fourth-order valence-electron chi connectivity index (χ4n) is 3.67. The number of unbranched alkanes of at least 4 members (excludes halogenated alkanes) is 1. The van der Waals surface area contributed by atoms with Crippen LogP contribution < -0.4 is 15.0 Å². The Bertz CT molecular complexity index is 1160. The number of anilines is 1. The summed E-state index contributed by atoms with van der Waals surface area (Å²) in [5.74, 6) is 0.468. The fourth-order valence-corrected chi connectivity index (χ4v) is 5.15. The predicted molar refractivity (Wildman–Crippen MR) is 130 cm³/mol. The maximum absolute atomic E-state index is 13.2. The number of carbonyl (C=O) groups is 2. The van der Waals surface area contributed by atoms with Gasteiger partial charge in [-0.1, -0.05) is 37.1 Å². The zero-order chi connectivity index (χ0) is 22.7. The van der Waals surface area contributed by atoms with Gasteiger partial charge < -0.3 is 15.0 Å². The van der Waals surface area contributed by atoms with Gasteiger partial charge in [0.1, 0.15) is 5.75 Å². The number of nitrogens with one attached hydrogen (secondary N) is 1. The van der Waals surface area contributed by atoms with Crippen LogP contribution in [0.3, 0.4) is 0 Å². The van der Waals surface area contributed by atoms with Gasteiger partial charge in [0, 0.05) is 36.0 Å². The zero-order valence-corrected chi connectivity index (χ0v) is 19.7. The second-order valence-corrected chi connectivity index (χ2v) is 9.16. The number of halogens is 1. The minimum atomic E-state index is -0.106. The molecule has 32 heavy (non-hydrogen) atoms. The van der Waals surface area contributed by atoms with Crippen molar-refractivity contribution in [2.24, 2.45) is 0 Å². The molecule has 0 aliphatic carbocycles. The van der Waals surface area contributed by atoms with Gasteiger partial charge in [-0.3, -0.25) is 9.59 Å². The smallest absolute Gasteiger partial charge is 0.268 e. The van der Waals surface area contributed by atoms with Gasteiger partial charge in [-0.15, -0.1) is 11.3 Å². The lowest BCUT2D eigenvalue weighted by molar-refractivity contribution is 0.0951. The summed E-state index contributed by atoms with van der Waals surface area (Å²) in [6.07, 6.45) is 2.67. The fraction of sp³-hybridized carbons (Fsp3) is 0.280. The van der Waals surface area contributed by atoms with Crippen LogP contribution in [-0.2, 0) is 6.42 Å². The number of thiophene rings is 1. The molecule has 0 saturated heterocycles. The van der Waals surface area contributed by atoms with Crippen LogP contribution in [-0.4, -0.2) is 32.0 Å². The summed E-state index contributed by atoms with van der Waals surface area (Å²) >= 11 is 7.73. The van der Waals surface area contributed by atoms with Crippen molar-refractivity contribution in [2.45, 2.75) is 26.2 Å². The van der Waals surface area contributed by atoms with E-state index >= 15 is 0 Å². The first kappa shape index (κ1) is 22.4. The molecule has 0 radical (unpaired) electrons. The van der Waals surface area contributed by atoms with E-state index in [1.807, 2.05) is 36.4 Å². The van der Waals surface area contributed by atoms with E-state index in [0.29, 0.717) is 46.5 Å². The van der Waals surface area contributed by atoms with E-state index in [9.17, 15) is 9.59 Å². The maximum atomic E-state index is 13.2. The Morgan fingerprint density at radius 3 is 2.78 bits per heavy atom. The molecule has 5 nitrogen and oxygen atoms in total. The molecule has 2 aromatic carbocycles. The highest BCUT2D eigenvalue weighted by Crippen LogP contribution is 2.41. The lowest BCUT2D eigenvalue weighted by Gasteiger charge is -2.17. The number of hydrogen-bond acceptors (Lipinski definition) is 4. The number of rotatable bonds is 6. The monoisotopic (exact) mass is 468 g/mol. The van der Waals surface area contributed by atoms with Crippen LogP contribution in [0.2, 0.25) is 5.02 Å². The molecule has 1 aromatic heterocycles. The number of para-hydroxylation sites is 1. The van der Waals surface area contributed by atoms with Crippen molar-refractivity contribution >= 4 is 40.4 Å². The van der Waals surface area contributed by atoms with E-state index in [4.69, 9.17) is 16.3 Å². The summed E-state index contributed by atoms with van der Waals surface area (Å²) in [6.45, 7) is 3.24. The normalized spacial score (nSPS) is 12.2. The molecule has 0 atom stereocenters. The van der Waals surface area contributed by atoms with Crippen LogP contribution in [0.1, 0.15) is 45.4 Å². The van der Waals surface area contributed by atoms with Crippen molar-refractivity contribution in [2.75, 3.05) is 25.1 Å². The summed E-state index contributed by atoms with van der Waals surface area (Å²) in [6, 6.07) is 14.8. The molecule has 7 heteroatoms. The summed E-state index contributed by atoms with van der Waals surface area (Å²) < 4.78 is 5.95. The third kappa shape index (κ3) is 4.52. The molecule has 0 fully saturated rings. The predicted octanol–water partition coefficient (Wildman–Crippen LogP) is 5.81. The van der Waals surface area contributed by atoms with E-state index in [1.54, 1.807) is 24.1 Å². The van der Waals surface area contributed by atoms with E-state index in [2.05, 4.69) is 12.2 Å². The van der Waals surface area contributed by atoms with E-state index in [-0.39, 0.29) is 11.8 Å². The molecule has 0 spiro atoms. The summed E-state index contributed by atoms with van der Waals surface area (Å²) in [4.78, 5) is 28.8. The first-order valence-electron chi connectivity index (χ1n) is 10.7. The Hall–Kier alpha value is -2.83. The molecule has 0 bridgehead atoms. The van der Waals surface area contributed by atoms with E-state index in [0.717, 1.165) is 28.8 Å². The van der Waals surface area contributed by atoms with Crippen molar-refractivity contribution in [1.29, 1.82) is 0 Å². The zero-order valence-electron chi connectivity index (χ0n) is 18.1. The SMILES string of the molecule is CCCCNC(=O)c1ccc2c(c1)OCCc1cc(C(=O)N(C)c3ccccc3Cl)sc1-2. The van der Waals surface area contributed by atoms with Crippen molar-refractivity contribution in [3.05, 3.63) is 69.6 Å². The lowest BCUT2D eigenvalue weighted by Crippen LogP contribution is -2.25. The maximum Gasteiger partial charge on any atom is 0.268 e. The van der Waals surface area contributed by atoms with Crippen molar-refractivity contribution in [1.82, 2.24) is 5.32 Å². The van der Waals surface area contributed by atoms with Gasteiger partial charge in [0.25, 0.3) is 11.8 Å².